The van der Waals surface area contributed by atoms with Crippen molar-refractivity contribution < 1.29 is 4.74 Å². The van der Waals surface area contributed by atoms with Crippen LogP contribution in [0.3, 0.4) is 0 Å². The molecule has 2 aromatic heterocycles. The molecule has 0 aliphatic heterocycles. The van der Waals surface area contributed by atoms with Crippen LogP contribution in [0.1, 0.15) is 50.9 Å². The fourth-order valence-corrected chi connectivity index (χ4v) is 4.05. The minimum absolute atomic E-state index is 0.442. The van der Waals surface area contributed by atoms with Gasteiger partial charge in [0.2, 0.25) is 5.82 Å². The van der Waals surface area contributed by atoms with E-state index in [1.807, 2.05) is 29.1 Å². The van der Waals surface area contributed by atoms with Crippen LogP contribution in [-0.2, 0) is 13.1 Å². The van der Waals surface area contributed by atoms with E-state index in [9.17, 15) is 0 Å². The first-order valence-corrected chi connectivity index (χ1v) is 10.8. The van der Waals surface area contributed by atoms with Gasteiger partial charge in [0, 0.05) is 19.0 Å². The van der Waals surface area contributed by atoms with Gasteiger partial charge in [-0.2, -0.15) is 0 Å². The summed E-state index contributed by atoms with van der Waals surface area (Å²) >= 11 is 0. The lowest BCUT2D eigenvalue weighted by molar-refractivity contribution is 0.333. The topological polar surface area (TPSA) is 64.9 Å². The van der Waals surface area contributed by atoms with Crippen LogP contribution in [0.2, 0.25) is 0 Å². The van der Waals surface area contributed by atoms with Crippen LogP contribution >= 0.6 is 0 Å². The molecule has 1 fully saturated rings. The Balaban J connectivity index is 1.62. The summed E-state index contributed by atoms with van der Waals surface area (Å²) in [6.07, 6.45) is 6.73. The maximum Gasteiger partial charge on any atom is 0.208 e. The quantitative estimate of drug-likeness (QED) is 0.629. The van der Waals surface area contributed by atoms with Crippen LogP contribution in [0.25, 0.3) is 11.2 Å². The molecular weight excluding hydrogens is 374 g/mol. The third-order valence-corrected chi connectivity index (χ3v) is 5.72. The Kier molecular flexibility index (Phi) is 6.18. The van der Waals surface area contributed by atoms with E-state index in [1.165, 1.54) is 25.7 Å². The molecule has 0 amide bonds. The lowest BCUT2D eigenvalue weighted by Gasteiger charge is -2.22. The van der Waals surface area contributed by atoms with Crippen LogP contribution in [-0.4, -0.2) is 26.6 Å². The molecule has 3 aromatic rings. The molecule has 0 saturated heterocycles. The Hall–Kier alpha value is -3.07. The van der Waals surface area contributed by atoms with E-state index in [-0.39, 0.29) is 0 Å². The number of aryl methyl sites for hydroxylation is 1. The van der Waals surface area contributed by atoms with Crippen LogP contribution in [0, 0.1) is 23.7 Å². The predicted molar refractivity (Wildman–Crippen MR) is 119 cm³/mol. The monoisotopic (exact) mass is 403 g/mol. The van der Waals surface area contributed by atoms with Crippen molar-refractivity contribution in [2.45, 2.75) is 52.6 Å². The van der Waals surface area contributed by atoms with Crippen molar-refractivity contribution in [1.82, 2.24) is 19.5 Å². The Labute approximate surface area is 178 Å². The third kappa shape index (κ3) is 4.56. The van der Waals surface area contributed by atoms with Gasteiger partial charge in [0.15, 0.2) is 17.0 Å². The number of benzene rings is 1. The number of imidazole rings is 1. The van der Waals surface area contributed by atoms with Gasteiger partial charge in [-0.25, -0.2) is 15.0 Å². The van der Waals surface area contributed by atoms with E-state index in [0.29, 0.717) is 18.3 Å². The number of nitrogens with one attached hydrogen (secondary N) is 1. The first-order valence-electron chi connectivity index (χ1n) is 10.8. The lowest BCUT2D eigenvalue weighted by Crippen LogP contribution is -2.11. The molecule has 1 aliphatic rings. The van der Waals surface area contributed by atoms with E-state index in [2.05, 4.69) is 42.1 Å². The highest BCUT2D eigenvalue weighted by atomic mass is 16.5. The summed E-state index contributed by atoms with van der Waals surface area (Å²) in [4.78, 5) is 14.0. The summed E-state index contributed by atoms with van der Waals surface area (Å²) in [5.74, 6) is 9.99. The summed E-state index contributed by atoms with van der Waals surface area (Å²) < 4.78 is 7.35. The Bertz CT molecular complexity index is 1080. The Morgan fingerprint density at radius 3 is 2.97 bits per heavy atom. The van der Waals surface area contributed by atoms with Crippen LogP contribution in [0.4, 0.5) is 5.82 Å². The third-order valence-electron chi connectivity index (χ3n) is 5.72. The molecule has 0 spiro atoms. The molecule has 6 nitrogen and oxygen atoms in total. The fourth-order valence-electron chi connectivity index (χ4n) is 4.05. The SMILES string of the molecule is CCn1cnc2c(NCc3cccc(OC)c3)nc(C#CC3CCC[C@@H](C)C3)nc21. The van der Waals surface area contributed by atoms with Crippen molar-refractivity contribution in [2.75, 3.05) is 12.4 Å². The zero-order valence-corrected chi connectivity index (χ0v) is 18.0. The summed E-state index contributed by atoms with van der Waals surface area (Å²) in [6.45, 7) is 5.82. The van der Waals surface area contributed by atoms with E-state index in [0.717, 1.165) is 40.8 Å². The van der Waals surface area contributed by atoms with Crippen LogP contribution in [0.15, 0.2) is 30.6 Å². The molecule has 1 aliphatic carbocycles. The summed E-state index contributed by atoms with van der Waals surface area (Å²) in [5.41, 5.74) is 2.71. The average molecular weight is 404 g/mol. The molecule has 1 unspecified atom stereocenters. The number of methoxy groups -OCH3 is 1. The lowest BCUT2D eigenvalue weighted by atomic mass is 9.83. The number of rotatable bonds is 5. The highest BCUT2D eigenvalue weighted by molar-refractivity contribution is 5.83. The zero-order chi connectivity index (χ0) is 20.9. The van der Waals surface area contributed by atoms with Crippen LogP contribution in [0.5, 0.6) is 5.75 Å². The molecule has 0 radical (unpaired) electrons. The molecule has 0 bridgehead atoms. The molecule has 1 N–H and O–H groups in total. The molecule has 1 saturated carbocycles. The minimum Gasteiger partial charge on any atom is -0.497 e. The summed E-state index contributed by atoms with van der Waals surface area (Å²) in [7, 11) is 1.68. The highest BCUT2D eigenvalue weighted by Gasteiger charge is 2.17. The van der Waals surface area contributed by atoms with Crippen molar-refractivity contribution in [2.24, 2.45) is 11.8 Å². The first-order chi connectivity index (χ1) is 14.7. The number of hydrogen-bond acceptors (Lipinski definition) is 5. The van der Waals surface area contributed by atoms with Crippen LogP contribution < -0.4 is 10.1 Å². The van der Waals surface area contributed by atoms with Crippen molar-refractivity contribution in [3.8, 4) is 17.6 Å². The molecule has 4 rings (SSSR count). The molecular formula is C24H29N5O. The number of anilines is 1. The summed E-state index contributed by atoms with van der Waals surface area (Å²) in [5, 5.41) is 3.43. The Morgan fingerprint density at radius 1 is 1.27 bits per heavy atom. The predicted octanol–water partition coefficient (Wildman–Crippen LogP) is 4.64. The maximum absolute atomic E-state index is 5.32. The number of aromatic nitrogens is 4. The second kappa shape index (κ2) is 9.17. The molecule has 30 heavy (non-hydrogen) atoms. The normalized spacial score (nSPS) is 18.6. The van der Waals surface area contributed by atoms with Crippen molar-refractivity contribution in [3.05, 3.63) is 42.0 Å². The van der Waals surface area contributed by atoms with Gasteiger partial charge in [-0.15, -0.1) is 0 Å². The van der Waals surface area contributed by atoms with Gasteiger partial charge in [-0.3, -0.25) is 0 Å². The molecule has 6 heteroatoms. The van der Waals surface area contributed by atoms with E-state index >= 15 is 0 Å². The molecule has 1 aromatic carbocycles. The van der Waals surface area contributed by atoms with E-state index in [4.69, 9.17) is 14.7 Å². The van der Waals surface area contributed by atoms with Crippen molar-refractivity contribution in [1.29, 1.82) is 0 Å². The molecule has 2 heterocycles. The average Bonchev–Trinajstić information content (AvgIpc) is 3.19. The summed E-state index contributed by atoms with van der Waals surface area (Å²) in [6, 6.07) is 8.00. The van der Waals surface area contributed by atoms with Gasteiger partial charge in [-0.05, 0) is 49.3 Å². The second-order valence-electron chi connectivity index (χ2n) is 8.04. The highest BCUT2D eigenvalue weighted by Crippen LogP contribution is 2.28. The standard InChI is InChI=1S/C24H29N5O/c1-4-29-16-26-22-23(25-15-19-9-6-10-20(14-19)30-3)27-21(28-24(22)29)12-11-18-8-5-7-17(2)13-18/h6,9-10,14,16-18H,4-5,7-8,13,15H2,1-3H3,(H,25,27,28)/t17-,18?/m1/s1. The van der Waals surface area contributed by atoms with E-state index in [1.54, 1.807) is 7.11 Å². The first kappa shape index (κ1) is 20.2. The van der Waals surface area contributed by atoms with Gasteiger partial charge in [0.25, 0.3) is 0 Å². The largest absolute Gasteiger partial charge is 0.497 e. The van der Waals surface area contributed by atoms with Crippen molar-refractivity contribution in [3.63, 3.8) is 0 Å². The second-order valence-corrected chi connectivity index (χ2v) is 8.04. The van der Waals surface area contributed by atoms with Gasteiger partial charge < -0.3 is 14.6 Å². The van der Waals surface area contributed by atoms with Gasteiger partial charge in [0.05, 0.1) is 13.4 Å². The van der Waals surface area contributed by atoms with Gasteiger partial charge >= 0.3 is 0 Å². The zero-order valence-electron chi connectivity index (χ0n) is 18.0. The number of fused-ring (bicyclic) bond motifs is 1. The molecule has 2 atom stereocenters. The van der Waals surface area contributed by atoms with Crippen molar-refractivity contribution >= 4 is 17.0 Å². The van der Waals surface area contributed by atoms with Gasteiger partial charge in [-0.1, -0.05) is 37.8 Å². The maximum atomic E-state index is 5.32. The van der Waals surface area contributed by atoms with E-state index < -0.39 is 0 Å². The minimum atomic E-state index is 0.442. The number of ether oxygens (including phenoxy) is 1. The fraction of sp³-hybridized carbons (Fsp3) is 0.458. The smallest absolute Gasteiger partial charge is 0.208 e. The number of nitrogens with zero attached hydrogens (tertiary/aromatic N) is 4. The molecule has 156 valence electrons. The number of hydrogen-bond donors (Lipinski definition) is 1. The Morgan fingerprint density at radius 2 is 2.17 bits per heavy atom. The van der Waals surface area contributed by atoms with Gasteiger partial charge in [0.1, 0.15) is 5.75 Å².